The van der Waals surface area contributed by atoms with Crippen molar-refractivity contribution >= 4 is 11.6 Å². The summed E-state index contributed by atoms with van der Waals surface area (Å²) in [5.41, 5.74) is 0.786. The average molecular weight is 228 g/mol. The van der Waals surface area contributed by atoms with E-state index in [4.69, 9.17) is 9.94 Å². The summed E-state index contributed by atoms with van der Waals surface area (Å²) in [5.74, 6) is 0.423. The molecule has 1 N–H and O–H groups in total. The number of nitrogens with zero attached hydrogens (tertiary/aromatic N) is 2. The SMILES string of the molecule is COCC(C)CC(=O)N1CCC(=NO)CC1. The summed E-state index contributed by atoms with van der Waals surface area (Å²) < 4.78 is 5.00. The number of amides is 1. The zero-order valence-corrected chi connectivity index (χ0v) is 9.98. The second-order valence-corrected chi connectivity index (χ2v) is 4.31. The van der Waals surface area contributed by atoms with Gasteiger partial charge in [-0.25, -0.2) is 0 Å². The van der Waals surface area contributed by atoms with Crippen LogP contribution in [0, 0.1) is 5.92 Å². The Morgan fingerprint density at radius 2 is 2.19 bits per heavy atom. The molecule has 1 aliphatic heterocycles. The van der Waals surface area contributed by atoms with Gasteiger partial charge in [-0.15, -0.1) is 0 Å². The zero-order chi connectivity index (χ0) is 12.0. The van der Waals surface area contributed by atoms with Gasteiger partial charge in [0.25, 0.3) is 0 Å². The minimum atomic E-state index is 0.168. The second kappa shape index (κ2) is 6.48. The number of methoxy groups -OCH3 is 1. The van der Waals surface area contributed by atoms with E-state index >= 15 is 0 Å². The molecule has 0 aliphatic carbocycles. The second-order valence-electron chi connectivity index (χ2n) is 4.31. The third-order valence-corrected chi connectivity index (χ3v) is 2.81. The monoisotopic (exact) mass is 228 g/mol. The fourth-order valence-corrected chi connectivity index (χ4v) is 1.88. The highest BCUT2D eigenvalue weighted by molar-refractivity contribution is 5.87. The molecule has 5 heteroatoms. The van der Waals surface area contributed by atoms with Crippen LogP contribution in [0.1, 0.15) is 26.2 Å². The quantitative estimate of drug-likeness (QED) is 0.579. The van der Waals surface area contributed by atoms with Crippen LogP contribution in [0.3, 0.4) is 0 Å². The average Bonchev–Trinajstić information content (AvgIpc) is 2.29. The lowest BCUT2D eigenvalue weighted by Crippen LogP contribution is -2.39. The number of hydrogen-bond acceptors (Lipinski definition) is 4. The topological polar surface area (TPSA) is 62.1 Å². The zero-order valence-electron chi connectivity index (χ0n) is 9.98. The highest BCUT2D eigenvalue weighted by atomic mass is 16.5. The van der Waals surface area contributed by atoms with Crippen LogP contribution < -0.4 is 0 Å². The number of ether oxygens (including phenoxy) is 1. The van der Waals surface area contributed by atoms with E-state index in [1.165, 1.54) is 0 Å². The molecule has 0 aromatic carbocycles. The summed E-state index contributed by atoms with van der Waals surface area (Å²) in [7, 11) is 1.64. The van der Waals surface area contributed by atoms with E-state index in [9.17, 15) is 4.79 Å². The molecule has 92 valence electrons. The van der Waals surface area contributed by atoms with Gasteiger partial charge < -0.3 is 14.8 Å². The Labute approximate surface area is 96.1 Å². The van der Waals surface area contributed by atoms with Crippen molar-refractivity contribution in [3.63, 3.8) is 0 Å². The molecule has 1 aliphatic rings. The molecule has 1 saturated heterocycles. The lowest BCUT2D eigenvalue weighted by molar-refractivity contribution is -0.132. The van der Waals surface area contributed by atoms with Crippen LogP contribution in [0.2, 0.25) is 0 Å². The minimum Gasteiger partial charge on any atom is -0.411 e. The molecule has 0 aromatic heterocycles. The molecule has 1 atom stereocenters. The van der Waals surface area contributed by atoms with Crippen molar-refractivity contribution < 1.29 is 14.7 Å². The molecule has 1 unspecified atom stereocenters. The Balaban J connectivity index is 2.33. The Kier molecular flexibility index (Phi) is 5.25. The molecule has 0 saturated carbocycles. The normalized spacial score (nSPS) is 18.4. The highest BCUT2D eigenvalue weighted by Gasteiger charge is 2.21. The fourth-order valence-electron chi connectivity index (χ4n) is 1.88. The molecular formula is C11H20N2O3. The van der Waals surface area contributed by atoms with Gasteiger partial charge in [0.05, 0.1) is 5.71 Å². The van der Waals surface area contributed by atoms with Crippen molar-refractivity contribution in [3.8, 4) is 0 Å². The number of hydrogen-bond donors (Lipinski definition) is 1. The number of carbonyl (C=O) groups is 1. The maximum Gasteiger partial charge on any atom is 0.222 e. The summed E-state index contributed by atoms with van der Waals surface area (Å²) in [6, 6.07) is 0. The van der Waals surface area contributed by atoms with Crippen LogP contribution in [-0.2, 0) is 9.53 Å². The third-order valence-electron chi connectivity index (χ3n) is 2.81. The van der Waals surface area contributed by atoms with Gasteiger partial charge in [0.15, 0.2) is 0 Å². The van der Waals surface area contributed by atoms with Gasteiger partial charge in [-0.1, -0.05) is 12.1 Å². The maximum absolute atomic E-state index is 11.8. The van der Waals surface area contributed by atoms with Crippen molar-refractivity contribution in [3.05, 3.63) is 0 Å². The van der Waals surface area contributed by atoms with E-state index in [0.717, 1.165) is 5.71 Å². The first-order chi connectivity index (χ1) is 7.67. The van der Waals surface area contributed by atoms with Gasteiger partial charge in [-0.05, 0) is 5.92 Å². The molecule has 0 bridgehead atoms. The van der Waals surface area contributed by atoms with E-state index < -0.39 is 0 Å². The number of rotatable bonds is 4. The van der Waals surface area contributed by atoms with Crippen molar-refractivity contribution in [1.29, 1.82) is 0 Å². The number of piperidine rings is 1. The van der Waals surface area contributed by atoms with E-state index in [1.54, 1.807) is 7.11 Å². The Bertz CT molecular complexity index is 256. The first-order valence-electron chi connectivity index (χ1n) is 5.64. The molecule has 1 rings (SSSR count). The number of likely N-dealkylation sites (tertiary alicyclic amines) is 1. The minimum absolute atomic E-state index is 0.168. The molecule has 1 fully saturated rings. The molecular weight excluding hydrogens is 208 g/mol. The van der Waals surface area contributed by atoms with Gasteiger partial charge in [0.2, 0.25) is 5.91 Å². The number of carbonyl (C=O) groups excluding carboxylic acids is 1. The van der Waals surface area contributed by atoms with E-state index in [0.29, 0.717) is 39.0 Å². The van der Waals surface area contributed by atoms with Crippen molar-refractivity contribution in [2.45, 2.75) is 26.2 Å². The van der Waals surface area contributed by atoms with Crippen LogP contribution in [0.4, 0.5) is 0 Å². The van der Waals surface area contributed by atoms with Gasteiger partial charge in [-0.3, -0.25) is 4.79 Å². The van der Waals surface area contributed by atoms with Gasteiger partial charge in [0, 0.05) is 46.1 Å². The highest BCUT2D eigenvalue weighted by Crippen LogP contribution is 2.11. The smallest absolute Gasteiger partial charge is 0.222 e. The Morgan fingerprint density at radius 3 is 2.69 bits per heavy atom. The van der Waals surface area contributed by atoms with Gasteiger partial charge >= 0.3 is 0 Å². The lowest BCUT2D eigenvalue weighted by atomic mass is 10.1. The predicted octanol–water partition coefficient (Wildman–Crippen LogP) is 1.11. The molecule has 0 radical (unpaired) electrons. The summed E-state index contributed by atoms with van der Waals surface area (Å²) in [4.78, 5) is 13.7. The molecule has 16 heavy (non-hydrogen) atoms. The third kappa shape index (κ3) is 3.81. The van der Waals surface area contributed by atoms with Crippen LogP contribution in [0.25, 0.3) is 0 Å². The Morgan fingerprint density at radius 1 is 1.56 bits per heavy atom. The first-order valence-corrected chi connectivity index (χ1v) is 5.64. The summed E-state index contributed by atoms with van der Waals surface area (Å²) in [6.45, 7) is 3.95. The fraction of sp³-hybridized carbons (Fsp3) is 0.818. The Hall–Kier alpha value is -1.10. The van der Waals surface area contributed by atoms with Crippen molar-refractivity contribution in [2.75, 3.05) is 26.8 Å². The molecule has 0 spiro atoms. The van der Waals surface area contributed by atoms with Crippen LogP contribution in [0.5, 0.6) is 0 Å². The van der Waals surface area contributed by atoms with Crippen molar-refractivity contribution in [2.24, 2.45) is 11.1 Å². The molecule has 1 amide bonds. The van der Waals surface area contributed by atoms with Crippen LogP contribution >= 0.6 is 0 Å². The summed E-state index contributed by atoms with van der Waals surface area (Å²) in [5, 5.41) is 11.8. The molecule has 1 heterocycles. The molecule has 5 nitrogen and oxygen atoms in total. The molecule has 0 aromatic rings. The van der Waals surface area contributed by atoms with Gasteiger partial charge in [0.1, 0.15) is 0 Å². The van der Waals surface area contributed by atoms with E-state index in [2.05, 4.69) is 5.16 Å². The predicted molar refractivity (Wildman–Crippen MR) is 60.7 cm³/mol. The van der Waals surface area contributed by atoms with Gasteiger partial charge in [-0.2, -0.15) is 0 Å². The lowest BCUT2D eigenvalue weighted by Gasteiger charge is -2.28. The summed E-state index contributed by atoms with van der Waals surface area (Å²) in [6.07, 6.45) is 1.89. The largest absolute Gasteiger partial charge is 0.411 e. The first kappa shape index (κ1) is 13.0. The van der Waals surface area contributed by atoms with Crippen LogP contribution in [-0.4, -0.2) is 48.5 Å². The number of oxime groups is 1. The van der Waals surface area contributed by atoms with E-state index in [-0.39, 0.29) is 11.8 Å². The summed E-state index contributed by atoms with van der Waals surface area (Å²) >= 11 is 0. The van der Waals surface area contributed by atoms with Crippen molar-refractivity contribution in [1.82, 2.24) is 4.90 Å². The standard InChI is InChI=1S/C11H20N2O3/c1-9(8-16-2)7-11(14)13-5-3-10(12-15)4-6-13/h9,15H,3-8H2,1-2H3. The maximum atomic E-state index is 11.8. The van der Waals surface area contributed by atoms with E-state index in [1.807, 2.05) is 11.8 Å². The van der Waals surface area contributed by atoms with Crippen LogP contribution in [0.15, 0.2) is 5.16 Å².